The number of hydrogen-bond acceptors (Lipinski definition) is 4. The Labute approximate surface area is 127 Å². The van der Waals surface area contributed by atoms with E-state index in [1.165, 1.54) is 4.57 Å². The number of aryl methyl sites for hydroxylation is 2. The predicted octanol–water partition coefficient (Wildman–Crippen LogP) is 2.33. The summed E-state index contributed by atoms with van der Waals surface area (Å²) in [7, 11) is 0. The third kappa shape index (κ3) is 2.35. The molecule has 0 N–H and O–H groups in total. The van der Waals surface area contributed by atoms with Gasteiger partial charge in [0.25, 0.3) is 5.56 Å². The van der Waals surface area contributed by atoms with Gasteiger partial charge in [0, 0.05) is 17.3 Å². The molecule has 0 saturated carbocycles. The average Bonchev–Trinajstić information content (AvgIpc) is 2.51. The number of aromatic nitrogens is 3. The van der Waals surface area contributed by atoms with E-state index in [1.807, 2.05) is 37.3 Å². The van der Waals surface area contributed by atoms with Gasteiger partial charge in [0.1, 0.15) is 17.5 Å². The third-order valence-electron chi connectivity index (χ3n) is 3.64. The Bertz CT molecular complexity index is 967. The quantitative estimate of drug-likeness (QED) is 0.726. The molecule has 0 aliphatic rings. The highest BCUT2D eigenvalue weighted by Crippen LogP contribution is 2.14. The van der Waals surface area contributed by atoms with Crippen LogP contribution in [0.3, 0.4) is 0 Å². The molecule has 0 aliphatic carbocycles. The molecular formula is C17H14N4O. The van der Waals surface area contributed by atoms with Gasteiger partial charge in [0.15, 0.2) is 0 Å². The largest absolute Gasteiger partial charge is 0.307 e. The predicted molar refractivity (Wildman–Crippen MR) is 83.5 cm³/mol. The first-order valence-corrected chi connectivity index (χ1v) is 6.92. The second-order valence-corrected chi connectivity index (χ2v) is 5.16. The molecule has 0 fully saturated rings. The van der Waals surface area contributed by atoms with Crippen LogP contribution >= 0.6 is 0 Å². The molecule has 0 amide bonds. The second-order valence-electron chi connectivity index (χ2n) is 5.16. The van der Waals surface area contributed by atoms with E-state index in [9.17, 15) is 4.79 Å². The number of rotatable bonds is 2. The van der Waals surface area contributed by atoms with Crippen molar-refractivity contribution in [1.82, 2.24) is 14.5 Å². The molecule has 3 rings (SSSR count). The molecule has 1 aromatic carbocycles. The Morgan fingerprint density at radius 3 is 2.73 bits per heavy atom. The number of nitriles is 1. The number of para-hydroxylation sites is 1. The van der Waals surface area contributed by atoms with Gasteiger partial charge in [-0.15, -0.1) is 0 Å². The van der Waals surface area contributed by atoms with Crippen molar-refractivity contribution in [3.05, 3.63) is 69.5 Å². The number of benzene rings is 1. The number of nitrogens with zero attached hydrogens (tertiary/aromatic N) is 4. The van der Waals surface area contributed by atoms with Crippen molar-refractivity contribution in [3.8, 4) is 6.07 Å². The van der Waals surface area contributed by atoms with Crippen molar-refractivity contribution in [1.29, 1.82) is 5.26 Å². The van der Waals surface area contributed by atoms with Crippen LogP contribution in [-0.2, 0) is 6.54 Å². The van der Waals surface area contributed by atoms with Gasteiger partial charge in [-0.1, -0.05) is 18.2 Å². The normalized spacial score (nSPS) is 10.6. The van der Waals surface area contributed by atoms with Gasteiger partial charge in [-0.25, -0.2) is 9.97 Å². The monoisotopic (exact) mass is 290 g/mol. The highest BCUT2D eigenvalue weighted by Gasteiger charge is 2.09. The fourth-order valence-electron chi connectivity index (χ4n) is 2.44. The smallest absolute Gasteiger partial charge is 0.269 e. The minimum absolute atomic E-state index is 0.167. The average molecular weight is 290 g/mol. The van der Waals surface area contributed by atoms with Gasteiger partial charge in [0.2, 0.25) is 0 Å². The van der Waals surface area contributed by atoms with E-state index in [0.29, 0.717) is 11.4 Å². The van der Waals surface area contributed by atoms with E-state index in [2.05, 4.69) is 9.97 Å². The van der Waals surface area contributed by atoms with E-state index in [-0.39, 0.29) is 17.7 Å². The lowest BCUT2D eigenvalue weighted by Crippen LogP contribution is -2.24. The van der Waals surface area contributed by atoms with E-state index >= 15 is 0 Å². The summed E-state index contributed by atoms with van der Waals surface area (Å²) >= 11 is 0. The van der Waals surface area contributed by atoms with E-state index in [0.717, 1.165) is 16.6 Å². The molecule has 0 unspecified atom stereocenters. The van der Waals surface area contributed by atoms with Crippen molar-refractivity contribution in [3.63, 3.8) is 0 Å². The van der Waals surface area contributed by atoms with Crippen molar-refractivity contribution in [2.24, 2.45) is 0 Å². The van der Waals surface area contributed by atoms with Crippen LogP contribution < -0.4 is 5.56 Å². The Morgan fingerprint density at radius 2 is 1.95 bits per heavy atom. The number of hydrogen-bond donors (Lipinski definition) is 0. The molecule has 0 spiro atoms. The zero-order valence-electron chi connectivity index (χ0n) is 12.4. The van der Waals surface area contributed by atoms with Crippen LogP contribution in [0.2, 0.25) is 0 Å². The van der Waals surface area contributed by atoms with Crippen molar-refractivity contribution >= 4 is 10.9 Å². The fourth-order valence-corrected chi connectivity index (χ4v) is 2.44. The zero-order chi connectivity index (χ0) is 15.7. The summed E-state index contributed by atoms with van der Waals surface area (Å²) in [6.45, 7) is 3.92. The Morgan fingerprint density at radius 1 is 1.18 bits per heavy atom. The first kappa shape index (κ1) is 14.0. The molecule has 108 valence electrons. The fraction of sp³-hybridized carbons (Fsp3) is 0.176. The van der Waals surface area contributed by atoms with Crippen LogP contribution in [-0.4, -0.2) is 14.5 Å². The zero-order valence-corrected chi connectivity index (χ0v) is 12.4. The lowest BCUT2D eigenvalue weighted by Gasteiger charge is -2.08. The molecule has 0 atom stereocenters. The van der Waals surface area contributed by atoms with Gasteiger partial charge < -0.3 is 4.57 Å². The van der Waals surface area contributed by atoms with E-state index in [1.54, 1.807) is 19.2 Å². The molecule has 22 heavy (non-hydrogen) atoms. The molecule has 0 saturated heterocycles. The molecule has 0 bridgehead atoms. The van der Waals surface area contributed by atoms with Crippen LogP contribution in [0.4, 0.5) is 0 Å². The summed E-state index contributed by atoms with van der Waals surface area (Å²) in [5, 5.41) is 10.1. The Balaban J connectivity index is 2.08. The topological polar surface area (TPSA) is 71.6 Å². The highest BCUT2D eigenvalue weighted by molar-refractivity contribution is 5.80. The molecule has 5 heteroatoms. The summed E-state index contributed by atoms with van der Waals surface area (Å²) < 4.78 is 1.47. The molecule has 0 aliphatic heterocycles. The van der Waals surface area contributed by atoms with Crippen LogP contribution in [0.15, 0.2) is 41.3 Å². The van der Waals surface area contributed by atoms with Gasteiger partial charge >= 0.3 is 0 Å². The lowest BCUT2D eigenvalue weighted by atomic mass is 10.2. The van der Waals surface area contributed by atoms with E-state index in [4.69, 9.17) is 5.26 Å². The van der Waals surface area contributed by atoms with Gasteiger partial charge in [0.05, 0.1) is 12.1 Å². The summed E-state index contributed by atoms with van der Waals surface area (Å²) in [5.74, 6) is 0.561. The van der Waals surface area contributed by atoms with Gasteiger partial charge in [-0.3, -0.25) is 4.79 Å². The molecular weight excluding hydrogens is 276 g/mol. The number of fused-ring (bicyclic) bond motifs is 1. The second kappa shape index (κ2) is 5.41. The summed E-state index contributed by atoms with van der Waals surface area (Å²) in [5.41, 5.74) is 2.27. The van der Waals surface area contributed by atoms with Crippen molar-refractivity contribution in [2.75, 3.05) is 0 Å². The Hall–Kier alpha value is -3.00. The molecule has 2 aromatic heterocycles. The summed E-state index contributed by atoms with van der Waals surface area (Å²) in [4.78, 5) is 21.2. The first-order valence-electron chi connectivity index (χ1n) is 6.92. The SMILES string of the molecule is Cc1ccn(Cc2nc(C)c3ccccc3n2)c(=O)c1C#N. The van der Waals surface area contributed by atoms with E-state index < -0.39 is 0 Å². The van der Waals surface area contributed by atoms with Gasteiger partial charge in [-0.05, 0) is 31.5 Å². The van der Waals surface area contributed by atoms with Crippen molar-refractivity contribution in [2.45, 2.75) is 20.4 Å². The Kier molecular flexibility index (Phi) is 3.43. The summed E-state index contributed by atoms with van der Waals surface area (Å²) in [6, 6.07) is 11.5. The lowest BCUT2D eigenvalue weighted by molar-refractivity contribution is 0.712. The van der Waals surface area contributed by atoms with Crippen LogP contribution in [0, 0.1) is 25.2 Å². The number of pyridine rings is 1. The van der Waals surface area contributed by atoms with Crippen molar-refractivity contribution < 1.29 is 0 Å². The minimum Gasteiger partial charge on any atom is -0.307 e. The molecule has 0 radical (unpaired) electrons. The minimum atomic E-state index is -0.308. The van der Waals surface area contributed by atoms with Gasteiger partial charge in [-0.2, -0.15) is 5.26 Å². The third-order valence-corrected chi connectivity index (χ3v) is 3.64. The maximum Gasteiger partial charge on any atom is 0.269 e. The molecule has 3 aromatic rings. The van der Waals surface area contributed by atoms with Crippen LogP contribution in [0.1, 0.15) is 22.6 Å². The van der Waals surface area contributed by atoms with Crippen LogP contribution in [0.25, 0.3) is 10.9 Å². The maximum absolute atomic E-state index is 12.3. The standard InChI is InChI=1S/C17H14N4O/c1-11-7-8-21(17(22)14(11)9-18)10-16-19-12(2)13-5-3-4-6-15(13)20-16/h3-8H,10H2,1-2H3. The molecule has 5 nitrogen and oxygen atoms in total. The highest BCUT2D eigenvalue weighted by atomic mass is 16.1. The van der Waals surface area contributed by atoms with Crippen LogP contribution in [0.5, 0.6) is 0 Å². The first-order chi connectivity index (χ1) is 10.6. The summed E-state index contributed by atoms with van der Waals surface area (Å²) in [6.07, 6.45) is 1.67. The maximum atomic E-state index is 12.3. The molecule has 2 heterocycles.